The van der Waals surface area contributed by atoms with Crippen LogP contribution in [-0.2, 0) is 20.0 Å². The highest BCUT2D eigenvalue weighted by Gasteiger charge is 2.46. The summed E-state index contributed by atoms with van der Waals surface area (Å²) < 4.78 is 52.7. The number of rotatable bonds is 3. The molecule has 16 heavy (non-hydrogen) atoms. The second-order valence-corrected chi connectivity index (χ2v) is 8.42. The normalized spacial score (nSPS) is 13.7. The largest absolute Gasteiger partial charge is 0.285 e. The fraction of sp³-hybridized carbons (Fsp3) is 0.333. The van der Waals surface area contributed by atoms with Crippen molar-refractivity contribution in [1.82, 2.24) is 0 Å². The van der Waals surface area contributed by atoms with Crippen LogP contribution in [0.25, 0.3) is 0 Å². The summed E-state index contributed by atoms with van der Waals surface area (Å²) in [5.74, 6) is 0. The molecule has 1 rings (SSSR count). The zero-order chi connectivity index (χ0) is 12.6. The molecule has 0 radical (unpaired) electrons. The maximum Gasteiger partial charge on any atom is 0.285 e. The summed E-state index contributed by atoms with van der Waals surface area (Å²) >= 11 is 0. The molecular weight excluding hydrogens is 252 g/mol. The van der Waals surface area contributed by atoms with E-state index < -0.39 is 24.0 Å². The van der Waals surface area contributed by atoms with E-state index >= 15 is 0 Å². The van der Waals surface area contributed by atoms with E-state index in [0.29, 0.717) is 0 Å². The molecule has 0 aromatic heterocycles. The molecule has 0 amide bonds. The predicted octanol–water partition coefficient (Wildman–Crippen LogP) is 1.08. The first-order chi connectivity index (χ1) is 7.11. The van der Waals surface area contributed by atoms with Crippen molar-refractivity contribution >= 4 is 20.0 Å². The number of sulfone groups is 1. The first-order valence-corrected chi connectivity index (χ1v) is 7.30. The molecule has 0 heterocycles. The van der Waals surface area contributed by atoms with Crippen molar-refractivity contribution in [3.05, 3.63) is 30.3 Å². The molecule has 0 aliphatic carbocycles. The highest BCUT2D eigenvalue weighted by atomic mass is 32.3. The number of hydrogen-bond donors (Lipinski definition) is 1. The molecule has 0 saturated carbocycles. The lowest BCUT2D eigenvalue weighted by Gasteiger charge is -2.21. The Morgan fingerprint density at radius 1 is 1.00 bits per heavy atom. The van der Waals surface area contributed by atoms with Crippen LogP contribution in [0.3, 0.4) is 0 Å². The van der Waals surface area contributed by atoms with Gasteiger partial charge in [0.05, 0.1) is 4.90 Å². The topological polar surface area (TPSA) is 88.5 Å². The SMILES string of the molecule is CC(C)(S(=O)(=O)O)S(=O)(=O)c1ccccc1. The van der Waals surface area contributed by atoms with E-state index in [1.165, 1.54) is 24.3 Å². The van der Waals surface area contributed by atoms with Gasteiger partial charge >= 0.3 is 0 Å². The van der Waals surface area contributed by atoms with E-state index in [1.54, 1.807) is 6.07 Å². The minimum absolute atomic E-state index is 0.141. The molecule has 90 valence electrons. The second-order valence-electron chi connectivity index (χ2n) is 3.69. The van der Waals surface area contributed by atoms with Crippen molar-refractivity contribution in [3.8, 4) is 0 Å². The molecule has 0 unspecified atom stereocenters. The van der Waals surface area contributed by atoms with Gasteiger partial charge in [0.15, 0.2) is 13.9 Å². The van der Waals surface area contributed by atoms with Gasteiger partial charge < -0.3 is 0 Å². The number of hydrogen-bond acceptors (Lipinski definition) is 4. The predicted molar refractivity (Wildman–Crippen MR) is 59.3 cm³/mol. The third kappa shape index (κ3) is 1.98. The molecule has 5 nitrogen and oxygen atoms in total. The number of benzene rings is 1. The molecule has 1 N–H and O–H groups in total. The average molecular weight is 264 g/mol. The lowest BCUT2D eigenvalue weighted by Crippen LogP contribution is -2.40. The quantitative estimate of drug-likeness (QED) is 0.825. The lowest BCUT2D eigenvalue weighted by atomic mass is 10.4. The van der Waals surface area contributed by atoms with Gasteiger partial charge in [0.25, 0.3) is 10.1 Å². The lowest BCUT2D eigenvalue weighted by molar-refractivity contribution is 0.462. The van der Waals surface area contributed by atoms with Gasteiger partial charge in [-0.25, -0.2) is 8.42 Å². The molecule has 0 aliphatic heterocycles. The first-order valence-electron chi connectivity index (χ1n) is 4.37. The molecule has 0 saturated heterocycles. The van der Waals surface area contributed by atoms with Crippen LogP contribution >= 0.6 is 0 Å². The Hall–Kier alpha value is -0.920. The van der Waals surface area contributed by atoms with E-state index in [-0.39, 0.29) is 4.90 Å². The van der Waals surface area contributed by atoms with E-state index in [0.717, 1.165) is 13.8 Å². The monoisotopic (exact) mass is 264 g/mol. The Bertz CT molecular complexity index is 570. The van der Waals surface area contributed by atoms with Crippen LogP contribution in [0.5, 0.6) is 0 Å². The van der Waals surface area contributed by atoms with Gasteiger partial charge in [0.1, 0.15) is 0 Å². The molecule has 1 aromatic carbocycles. The summed E-state index contributed by atoms with van der Waals surface area (Å²) in [6.45, 7) is 1.90. The van der Waals surface area contributed by atoms with E-state index in [9.17, 15) is 16.8 Å². The average Bonchev–Trinajstić information content (AvgIpc) is 2.17. The van der Waals surface area contributed by atoms with Crippen molar-refractivity contribution < 1.29 is 21.4 Å². The van der Waals surface area contributed by atoms with Gasteiger partial charge in [-0.3, -0.25) is 4.55 Å². The van der Waals surface area contributed by atoms with Crippen LogP contribution in [0.4, 0.5) is 0 Å². The van der Waals surface area contributed by atoms with Gasteiger partial charge in [0.2, 0.25) is 0 Å². The molecule has 0 spiro atoms. The van der Waals surface area contributed by atoms with Gasteiger partial charge in [-0.05, 0) is 26.0 Å². The molecule has 0 fully saturated rings. The van der Waals surface area contributed by atoms with Gasteiger partial charge in [-0.2, -0.15) is 8.42 Å². The first kappa shape index (κ1) is 13.1. The zero-order valence-corrected chi connectivity index (χ0v) is 10.4. The highest BCUT2D eigenvalue weighted by Crippen LogP contribution is 2.29. The minimum Gasteiger partial charge on any atom is -0.284 e. The van der Waals surface area contributed by atoms with Crippen molar-refractivity contribution in [3.63, 3.8) is 0 Å². The van der Waals surface area contributed by atoms with E-state index in [1.807, 2.05) is 0 Å². The fourth-order valence-corrected chi connectivity index (χ4v) is 3.50. The van der Waals surface area contributed by atoms with E-state index in [4.69, 9.17) is 4.55 Å². The molecule has 0 bridgehead atoms. The third-order valence-corrected chi connectivity index (χ3v) is 7.04. The van der Waals surface area contributed by atoms with Crippen molar-refractivity contribution in [2.45, 2.75) is 22.8 Å². The van der Waals surface area contributed by atoms with Crippen molar-refractivity contribution in [1.29, 1.82) is 0 Å². The van der Waals surface area contributed by atoms with Crippen LogP contribution in [0.1, 0.15) is 13.8 Å². The second kappa shape index (κ2) is 3.83. The summed E-state index contributed by atoms with van der Waals surface area (Å²) in [4.78, 5) is -0.141. The summed E-state index contributed by atoms with van der Waals surface area (Å²) in [5.41, 5.74) is 0. The Kier molecular flexibility index (Phi) is 3.15. The highest BCUT2D eigenvalue weighted by molar-refractivity contribution is 8.07. The van der Waals surface area contributed by atoms with Crippen LogP contribution < -0.4 is 0 Å². The van der Waals surface area contributed by atoms with Crippen LogP contribution in [0.15, 0.2) is 35.2 Å². The summed E-state index contributed by atoms with van der Waals surface area (Å²) in [7, 11) is -8.83. The minimum atomic E-state index is -4.70. The van der Waals surface area contributed by atoms with Crippen LogP contribution in [0, 0.1) is 0 Å². The molecule has 0 aliphatic rings. The Morgan fingerprint density at radius 3 is 1.81 bits per heavy atom. The van der Waals surface area contributed by atoms with Crippen LogP contribution in [-0.4, -0.2) is 25.5 Å². The maximum absolute atomic E-state index is 12.0. The van der Waals surface area contributed by atoms with Gasteiger partial charge in [-0.1, -0.05) is 18.2 Å². The molecule has 7 heteroatoms. The fourth-order valence-electron chi connectivity index (χ4n) is 1.02. The van der Waals surface area contributed by atoms with Crippen molar-refractivity contribution in [2.24, 2.45) is 0 Å². The van der Waals surface area contributed by atoms with Crippen molar-refractivity contribution in [2.75, 3.05) is 0 Å². The molecular formula is C9H12O5S2. The molecule has 0 atom stereocenters. The summed E-state index contributed by atoms with van der Waals surface area (Å²) in [6.07, 6.45) is 0. The Balaban J connectivity index is 3.47. The third-order valence-electron chi connectivity index (χ3n) is 2.32. The Labute approximate surface area is 94.8 Å². The van der Waals surface area contributed by atoms with Gasteiger partial charge in [-0.15, -0.1) is 0 Å². The van der Waals surface area contributed by atoms with Gasteiger partial charge in [0, 0.05) is 0 Å². The Morgan fingerprint density at radius 2 is 1.44 bits per heavy atom. The smallest absolute Gasteiger partial charge is 0.284 e. The van der Waals surface area contributed by atoms with Crippen LogP contribution in [0.2, 0.25) is 0 Å². The maximum atomic E-state index is 12.0. The summed E-state index contributed by atoms with van der Waals surface area (Å²) in [6, 6.07) is 7.13. The van der Waals surface area contributed by atoms with E-state index in [2.05, 4.69) is 0 Å². The zero-order valence-electron chi connectivity index (χ0n) is 8.78. The summed E-state index contributed by atoms with van der Waals surface area (Å²) in [5, 5.41) is 0. The standard InChI is InChI=1S/C9H12O5S2/c1-9(2,16(12,13)14)15(10,11)8-6-4-3-5-7-8/h3-7H,1-2H3,(H,12,13,14). The molecule has 1 aromatic rings.